The summed E-state index contributed by atoms with van der Waals surface area (Å²) in [5.74, 6) is 2.15. The number of ether oxygens (including phenoxy) is 2. The first-order chi connectivity index (χ1) is 7.58. The van der Waals surface area contributed by atoms with E-state index in [4.69, 9.17) is 9.47 Å². The van der Waals surface area contributed by atoms with Gasteiger partial charge in [0.1, 0.15) is 12.2 Å². The maximum absolute atomic E-state index is 5.73. The molecule has 4 heteroatoms. The fourth-order valence-corrected chi connectivity index (χ4v) is 1.71. The highest BCUT2D eigenvalue weighted by atomic mass is 16.6. The first kappa shape index (κ1) is 11.4. The predicted octanol–water partition coefficient (Wildman–Crippen LogP) is 1.89. The van der Waals surface area contributed by atoms with Crippen LogP contribution in [0.4, 0.5) is 0 Å². The summed E-state index contributed by atoms with van der Waals surface area (Å²) in [5.41, 5.74) is 0. The standard InChI is InChI=1S/C12H20N2O2/c1-7(2)9-5-13-11(15-9)12-14-6-10(16-12)8(3)4/h7-10H,5-6H2,1-4H3/t9-,10-/m0/s1. The molecule has 0 saturated carbocycles. The lowest BCUT2D eigenvalue weighted by atomic mass is 10.1. The zero-order chi connectivity index (χ0) is 11.7. The second-order valence-corrected chi connectivity index (χ2v) is 5.09. The van der Waals surface area contributed by atoms with Gasteiger partial charge in [0.25, 0.3) is 11.8 Å². The third-order valence-corrected chi connectivity index (χ3v) is 3.03. The van der Waals surface area contributed by atoms with Crippen LogP contribution in [0.1, 0.15) is 27.7 Å². The Morgan fingerprint density at radius 3 is 1.50 bits per heavy atom. The summed E-state index contributed by atoms with van der Waals surface area (Å²) in [6, 6.07) is 0. The van der Waals surface area contributed by atoms with Crippen LogP contribution in [0.5, 0.6) is 0 Å². The molecule has 2 heterocycles. The normalized spacial score (nSPS) is 29.1. The smallest absolute Gasteiger partial charge is 0.273 e. The van der Waals surface area contributed by atoms with Gasteiger partial charge in [-0.05, 0) is 11.8 Å². The molecule has 0 fully saturated rings. The maximum atomic E-state index is 5.73. The summed E-state index contributed by atoms with van der Waals surface area (Å²) in [5, 5.41) is 0. The summed E-state index contributed by atoms with van der Waals surface area (Å²) >= 11 is 0. The zero-order valence-corrected chi connectivity index (χ0v) is 10.4. The highest BCUT2D eigenvalue weighted by Gasteiger charge is 2.32. The molecule has 0 amide bonds. The van der Waals surface area contributed by atoms with Crippen molar-refractivity contribution in [1.82, 2.24) is 0 Å². The predicted molar refractivity (Wildman–Crippen MR) is 64.0 cm³/mol. The van der Waals surface area contributed by atoms with E-state index in [-0.39, 0.29) is 12.2 Å². The van der Waals surface area contributed by atoms with Gasteiger partial charge in [-0.25, -0.2) is 9.98 Å². The van der Waals surface area contributed by atoms with Gasteiger partial charge in [0, 0.05) is 0 Å². The molecule has 0 aromatic carbocycles. The molecule has 90 valence electrons. The van der Waals surface area contributed by atoms with Gasteiger partial charge in [-0.3, -0.25) is 0 Å². The Kier molecular flexibility index (Phi) is 3.17. The van der Waals surface area contributed by atoms with E-state index in [1.165, 1.54) is 0 Å². The van der Waals surface area contributed by atoms with Crippen molar-refractivity contribution in [2.75, 3.05) is 13.1 Å². The number of aliphatic imine (C=N–C) groups is 2. The maximum Gasteiger partial charge on any atom is 0.273 e. The van der Waals surface area contributed by atoms with E-state index in [2.05, 4.69) is 37.7 Å². The fraction of sp³-hybridized carbons (Fsp3) is 0.833. The Morgan fingerprint density at radius 1 is 0.875 bits per heavy atom. The summed E-state index contributed by atoms with van der Waals surface area (Å²) in [6.45, 7) is 9.99. The molecule has 0 aromatic rings. The lowest BCUT2D eigenvalue weighted by Crippen LogP contribution is -2.26. The molecule has 2 rings (SSSR count). The minimum absolute atomic E-state index is 0.180. The fourth-order valence-electron chi connectivity index (χ4n) is 1.71. The monoisotopic (exact) mass is 224 g/mol. The Bertz CT molecular complexity index is 289. The second kappa shape index (κ2) is 4.44. The van der Waals surface area contributed by atoms with Crippen molar-refractivity contribution in [3.05, 3.63) is 0 Å². The number of hydrogen-bond donors (Lipinski definition) is 0. The molecule has 2 aliphatic heterocycles. The molecular weight excluding hydrogens is 204 g/mol. The van der Waals surface area contributed by atoms with E-state index in [1.54, 1.807) is 0 Å². The van der Waals surface area contributed by atoms with Crippen LogP contribution in [0.15, 0.2) is 9.98 Å². The largest absolute Gasteiger partial charge is 0.469 e. The average Bonchev–Trinajstić information content (AvgIpc) is 2.86. The zero-order valence-electron chi connectivity index (χ0n) is 10.4. The van der Waals surface area contributed by atoms with Gasteiger partial charge in [0.2, 0.25) is 0 Å². The van der Waals surface area contributed by atoms with E-state index in [0.717, 1.165) is 13.1 Å². The van der Waals surface area contributed by atoms with E-state index in [0.29, 0.717) is 23.6 Å². The van der Waals surface area contributed by atoms with Gasteiger partial charge in [0.15, 0.2) is 0 Å². The summed E-state index contributed by atoms with van der Waals surface area (Å²) in [4.78, 5) is 8.71. The Balaban J connectivity index is 1.92. The molecule has 0 bridgehead atoms. The average molecular weight is 224 g/mol. The van der Waals surface area contributed by atoms with Gasteiger partial charge in [0.05, 0.1) is 13.1 Å². The molecule has 0 radical (unpaired) electrons. The molecule has 0 unspecified atom stereocenters. The lowest BCUT2D eigenvalue weighted by Gasteiger charge is -2.16. The number of rotatable bonds is 3. The van der Waals surface area contributed by atoms with Crippen molar-refractivity contribution in [1.29, 1.82) is 0 Å². The first-order valence-corrected chi connectivity index (χ1v) is 6.00. The Hall–Kier alpha value is -1.06. The number of nitrogens with zero attached hydrogens (tertiary/aromatic N) is 2. The third kappa shape index (κ3) is 2.20. The molecule has 0 aliphatic carbocycles. The molecular formula is C12H20N2O2. The van der Waals surface area contributed by atoms with Gasteiger partial charge < -0.3 is 9.47 Å². The van der Waals surface area contributed by atoms with Crippen molar-refractivity contribution in [3.63, 3.8) is 0 Å². The Labute approximate surface area is 96.8 Å². The molecule has 0 saturated heterocycles. The molecule has 2 aliphatic rings. The van der Waals surface area contributed by atoms with Crippen LogP contribution < -0.4 is 0 Å². The molecule has 0 aromatic heterocycles. The van der Waals surface area contributed by atoms with Crippen molar-refractivity contribution >= 4 is 11.8 Å². The second-order valence-electron chi connectivity index (χ2n) is 5.09. The first-order valence-electron chi connectivity index (χ1n) is 6.00. The SMILES string of the molecule is CC(C)[C@@H]1CN=C(C2=NC[C@@H](C(C)C)O2)O1. The van der Waals surface area contributed by atoms with Gasteiger partial charge >= 0.3 is 0 Å². The lowest BCUT2D eigenvalue weighted by molar-refractivity contribution is 0.154. The molecule has 0 spiro atoms. The topological polar surface area (TPSA) is 43.2 Å². The van der Waals surface area contributed by atoms with Crippen LogP contribution in [0.3, 0.4) is 0 Å². The summed E-state index contributed by atoms with van der Waals surface area (Å²) in [7, 11) is 0. The van der Waals surface area contributed by atoms with Crippen molar-refractivity contribution < 1.29 is 9.47 Å². The third-order valence-electron chi connectivity index (χ3n) is 3.03. The van der Waals surface area contributed by atoms with Gasteiger partial charge in [-0.15, -0.1) is 0 Å². The highest BCUT2D eigenvalue weighted by molar-refractivity contribution is 6.36. The summed E-state index contributed by atoms with van der Waals surface area (Å²) < 4.78 is 11.5. The van der Waals surface area contributed by atoms with Crippen LogP contribution in [0.25, 0.3) is 0 Å². The molecule has 16 heavy (non-hydrogen) atoms. The van der Waals surface area contributed by atoms with Gasteiger partial charge in [-0.1, -0.05) is 27.7 Å². The van der Waals surface area contributed by atoms with Crippen molar-refractivity contribution in [2.24, 2.45) is 21.8 Å². The van der Waals surface area contributed by atoms with Crippen LogP contribution in [0, 0.1) is 11.8 Å². The van der Waals surface area contributed by atoms with Gasteiger partial charge in [-0.2, -0.15) is 0 Å². The summed E-state index contributed by atoms with van der Waals surface area (Å²) in [6.07, 6.45) is 0.360. The van der Waals surface area contributed by atoms with E-state index >= 15 is 0 Å². The van der Waals surface area contributed by atoms with E-state index < -0.39 is 0 Å². The van der Waals surface area contributed by atoms with Crippen molar-refractivity contribution in [2.45, 2.75) is 39.9 Å². The Morgan fingerprint density at radius 2 is 1.25 bits per heavy atom. The van der Waals surface area contributed by atoms with E-state index in [1.807, 2.05) is 0 Å². The van der Waals surface area contributed by atoms with E-state index in [9.17, 15) is 0 Å². The highest BCUT2D eigenvalue weighted by Crippen LogP contribution is 2.19. The van der Waals surface area contributed by atoms with Crippen LogP contribution in [0.2, 0.25) is 0 Å². The van der Waals surface area contributed by atoms with Crippen molar-refractivity contribution in [3.8, 4) is 0 Å². The molecule has 0 N–H and O–H groups in total. The minimum atomic E-state index is 0.180. The molecule has 4 nitrogen and oxygen atoms in total. The van der Waals surface area contributed by atoms with Crippen LogP contribution >= 0.6 is 0 Å². The van der Waals surface area contributed by atoms with Crippen LogP contribution in [-0.2, 0) is 9.47 Å². The van der Waals surface area contributed by atoms with Crippen LogP contribution in [-0.4, -0.2) is 37.1 Å². The number of hydrogen-bond acceptors (Lipinski definition) is 4. The quantitative estimate of drug-likeness (QED) is 0.734. The minimum Gasteiger partial charge on any atom is -0.469 e. The molecule has 2 atom stereocenters.